The van der Waals surface area contributed by atoms with Crippen LogP contribution in [-0.2, 0) is 19.1 Å². The van der Waals surface area contributed by atoms with Gasteiger partial charge in [-0.2, -0.15) is 0 Å². The van der Waals surface area contributed by atoms with Gasteiger partial charge in [-0.1, -0.05) is 83.8 Å². The maximum Gasteiger partial charge on any atom is 0.330 e. The zero-order chi connectivity index (χ0) is 25.1. The lowest BCUT2D eigenvalue weighted by Crippen LogP contribution is -2.27. The summed E-state index contributed by atoms with van der Waals surface area (Å²) in [5.74, 6) is 0.0941. The standard InChI is InChI=1S/C29H46O5/c1-5-7-8-9-10-11-12-13-14-15-22-32-26-19-16-25(17-20-26)18-21-27(30)33-23-24-34-28(31)29(3,4)6-2/h16-21H,5-15,22-24H2,1-4H3/b21-18+. The summed E-state index contributed by atoms with van der Waals surface area (Å²) >= 11 is 0. The highest BCUT2D eigenvalue weighted by Gasteiger charge is 2.26. The number of rotatable bonds is 19. The second kappa shape index (κ2) is 18.1. The predicted molar refractivity (Wildman–Crippen MR) is 139 cm³/mol. The Kier molecular flexibility index (Phi) is 15.8. The van der Waals surface area contributed by atoms with E-state index in [0.29, 0.717) is 6.42 Å². The van der Waals surface area contributed by atoms with Crippen LogP contribution < -0.4 is 4.74 Å². The lowest BCUT2D eigenvalue weighted by Gasteiger charge is -2.20. The van der Waals surface area contributed by atoms with E-state index in [9.17, 15) is 9.59 Å². The van der Waals surface area contributed by atoms with Crippen LogP contribution >= 0.6 is 0 Å². The van der Waals surface area contributed by atoms with E-state index in [4.69, 9.17) is 14.2 Å². The Labute approximate surface area is 207 Å². The molecular weight excluding hydrogens is 428 g/mol. The Morgan fingerprint density at radius 2 is 1.32 bits per heavy atom. The van der Waals surface area contributed by atoms with Gasteiger partial charge in [0.15, 0.2) is 0 Å². The van der Waals surface area contributed by atoms with Crippen LogP contribution in [0.2, 0.25) is 0 Å². The van der Waals surface area contributed by atoms with Crippen molar-refractivity contribution < 1.29 is 23.8 Å². The molecule has 1 aromatic carbocycles. The van der Waals surface area contributed by atoms with Gasteiger partial charge in [0.1, 0.15) is 19.0 Å². The van der Waals surface area contributed by atoms with Crippen LogP contribution in [0.25, 0.3) is 6.08 Å². The molecule has 0 atom stereocenters. The fraction of sp³-hybridized carbons (Fsp3) is 0.655. The Balaban J connectivity index is 2.13. The van der Waals surface area contributed by atoms with Gasteiger partial charge in [-0.3, -0.25) is 4.79 Å². The lowest BCUT2D eigenvalue weighted by atomic mass is 9.91. The van der Waals surface area contributed by atoms with Gasteiger partial charge in [0.25, 0.3) is 0 Å². The molecule has 192 valence electrons. The number of unbranched alkanes of at least 4 members (excludes halogenated alkanes) is 9. The van der Waals surface area contributed by atoms with Gasteiger partial charge < -0.3 is 14.2 Å². The molecule has 0 N–H and O–H groups in total. The zero-order valence-electron chi connectivity index (χ0n) is 21.9. The number of benzene rings is 1. The van der Waals surface area contributed by atoms with Crippen molar-refractivity contribution in [1.82, 2.24) is 0 Å². The Bertz CT molecular complexity index is 706. The molecular formula is C29H46O5. The maximum absolute atomic E-state index is 11.9. The van der Waals surface area contributed by atoms with E-state index in [1.54, 1.807) is 6.08 Å². The molecule has 5 nitrogen and oxygen atoms in total. The smallest absolute Gasteiger partial charge is 0.330 e. The monoisotopic (exact) mass is 474 g/mol. The minimum absolute atomic E-state index is 0.0421. The molecule has 34 heavy (non-hydrogen) atoms. The van der Waals surface area contributed by atoms with E-state index in [0.717, 1.165) is 24.3 Å². The van der Waals surface area contributed by atoms with E-state index in [2.05, 4.69) is 6.92 Å². The molecule has 0 saturated heterocycles. The van der Waals surface area contributed by atoms with Crippen LogP contribution in [0.3, 0.4) is 0 Å². The molecule has 0 aliphatic rings. The van der Waals surface area contributed by atoms with E-state index in [1.807, 2.05) is 45.0 Å². The van der Waals surface area contributed by atoms with Crippen molar-refractivity contribution in [1.29, 1.82) is 0 Å². The molecule has 1 rings (SSSR count). The fourth-order valence-corrected chi connectivity index (χ4v) is 3.28. The molecule has 0 bridgehead atoms. The van der Waals surface area contributed by atoms with Gasteiger partial charge in [0, 0.05) is 6.08 Å². The second-order valence-electron chi connectivity index (χ2n) is 9.47. The summed E-state index contributed by atoms with van der Waals surface area (Å²) in [5, 5.41) is 0. The molecule has 0 unspecified atom stereocenters. The summed E-state index contributed by atoms with van der Waals surface area (Å²) < 4.78 is 16.0. The number of esters is 2. The van der Waals surface area contributed by atoms with Crippen molar-refractivity contribution in [2.24, 2.45) is 5.41 Å². The summed E-state index contributed by atoms with van der Waals surface area (Å²) in [6, 6.07) is 7.64. The molecule has 0 aliphatic carbocycles. The summed E-state index contributed by atoms with van der Waals surface area (Å²) in [6.45, 7) is 8.69. The third-order valence-corrected chi connectivity index (χ3v) is 6.06. The van der Waals surface area contributed by atoms with Crippen molar-refractivity contribution in [3.63, 3.8) is 0 Å². The second-order valence-corrected chi connectivity index (χ2v) is 9.47. The fourth-order valence-electron chi connectivity index (χ4n) is 3.28. The maximum atomic E-state index is 11.9. The molecule has 0 aromatic heterocycles. The van der Waals surface area contributed by atoms with E-state index in [1.165, 1.54) is 63.9 Å². The SMILES string of the molecule is CCCCCCCCCCCCOc1ccc(/C=C/C(=O)OCCOC(=O)C(C)(C)CC)cc1. The summed E-state index contributed by atoms with van der Waals surface area (Å²) in [7, 11) is 0. The van der Waals surface area contributed by atoms with Gasteiger partial charge >= 0.3 is 11.9 Å². The Morgan fingerprint density at radius 1 is 0.765 bits per heavy atom. The average molecular weight is 475 g/mol. The van der Waals surface area contributed by atoms with E-state index < -0.39 is 11.4 Å². The first kappa shape index (κ1) is 29.7. The first-order valence-electron chi connectivity index (χ1n) is 13.1. The molecule has 0 aliphatic heterocycles. The van der Waals surface area contributed by atoms with Gasteiger partial charge in [0.2, 0.25) is 0 Å². The van der Waals surface area contributed by atoms with Crippen molar-refractivity contribution in [2.45, 2.75) is 98.3 Å². The van der Waals surface area contributed by atoms with Crippen LogP contribution in [0.4, 0.5) is 0 Å². The molecule has 0 spiro atoms. The molecule has 0 radical (unpaired) electrons. The molecule has 0 fully saturated rings. The average Bonchev–Trinajstić information content (AvgIpc) is 2.84. The molecule has 0 amide bonds. The van der Waals surface area contributed by atoms with Crippen molar-refractivity contribution in [2.75, 3.05) is 19.8 Å². The topological polar surface area (TPSA) is 61.8 Å². The summed E-state index contributed by atoms with van der Waals surface area (Å²) in [4.78, 5) is 23.7. The molecule has 1 aromatic rings. The predicted octanol–water partition coefficient (Wildman–Crippen LogP) is 7.52. The van der Waals surface area contributed by atoms with Crippen LogP contribution in [0.5, 0.6) is 5.75 Å². The summed E-state index contributed by atoms with van der Waals surface area (Å²) in [6.07, 6.45) is 16.9. The first-order valence-corrected chi connectivity index (χ1v) is 13.1. The molecule has 5 heteroatoms. The number of hydrogen-bond acceptors (Lipinski definition) is 5. The Morgan fingerprint density at radius 3 is 1.91 bits per heavy atom. The Hall–Kier alpha value is -2.30. The third kappa shape index (κ3) is 14.1. The van der Waals surface area contributed by atoms with Gasteiger partial charge in [-0.05, 0) is 50.5 Å². The van der Waals surface area contributed by atoms with E-state index in [-0.39, 0.29) is 19.2 Å². The highest BCUT2D eigenvalue weighted by atomic mass is 16.6. The lowest BCUT2D eigenvalue weighted by molar-refractivity contribution is -0.157. The van der Waals surface area contributed by atoms with Crippen LogP contribution in [0, 0.1) is 5.41 Å². The van der Waals surface area contributed by atoms with Crippen molar-refractivity contribution >= 4 is 18.0 Å². The minimum Gasteiger partial charge on any atom is -0.494 e. The summed E-state index contributed by atoms with van der Waals surface area (Å²) in [5.41, 5.74) is 0.367. The quantitative estimate of drug-likeness (QED) is 0.118. The first-order chi connectivity index (χ1) is 16.4. The van der Waals surface area contributed by atoms with Crippen LogP contribution in [0.1, 0.15) is 104 Å². The highest BCUT2D eigenvalue weighted by molar-refractivity contribution is 5.87. The number of carbonyl (C=O) groups excluding carboxylic acids is 2. The number of ether oxygens (including phenoxy) is 3. The van der Waals surface area contributed by atoms with Crippen LogP contribution in [0.15, 0.2) is 30.3 Å². The largest absolute Gasteiger partial charge is 0.494 e. The number of carbonyl (C=O) groups is 2. The van der Waals surface area contributed by atoms with Crippen LogP contribution in [-0.4, -0.2) is 31.8 Å². The third-order valence-electron chi connectivity index (χ3n) is 6.06. The number of hydrogen-bond donors (Lipinski definition) is 0. The minimum atomic E-state index is -0.521. The van der Waals surface area contributed by atoms with Gasteiger partial charge in [-0.25, -0.2) is 4.79 Å². The molecule has 0 heterocycles. The normalized spacial score (nSPS) is 11.5. The van der Waals surface area contributed by atoms with Crippen molar-refractivity contribution in [3.8, 4) is 5.75 Å². The highest BCUT2D eigenvalue weighted by Crippen LogP contribution is 2.21. The van der Waals surface area contributed by atoms with Gasteiger partial charge in [-0.15, -0.1) is 0 Å². The molecule has 0 saturated carbocycles. The zero-order valence-corrected chi connectivity index (χ0v) is 21.9. The van der Waals surface area contributed by atoms with E-state index >= 15 is 0 Å². The van der Waals surface area contributed by atoms with Crippen molar-refractivity contribution in [3.05, 3.63) is 35.9 Å². The van der Waals surface area contributed by atoms with Gasteiger partial charge in [0.05, 0.1) is 12.0 Å².